The van der Waals surface area contributed by atoms with Crippen molar-refractivity contribution < 1.29 is 4.42 Å². The van der Waals surface area contributed by atoms with E-state index in [0.717, 1.165) is 53.6 Å². The van der Waals surface area contributed by atoms with Crippen LogP contribution >= 0.6 is 11.8 Å². The molecule has 3 aromatic rings. The van der Waals surface area contributed by atoms with Crippen LogP contribution in [0.5, 0.6) is 0 Å². The fraction of sp³-hybridized carbons (Fsp3) is 0.467. The molecule has 4 rings (SSSR count). The van der Waals surface area contributed by atoms with Crippen LogP contribution in [0.1, 0.15) is 36.3 Å². The quantitative estimate of drug-likeness (QED) is 0.759. The van der Waals surface area contributed by atoms with Crippen LogP contribution < -0.4 is 0 Å². The van der Waals surface area contributed by atoms with E-state index >= 15 is 0 Å². The van der Waals surface area contributed by atoms with E-state index in [9.17, 15) is 0 Å². The maximum absolute atomic E-state index is 5.95. The van der Waals surface area contributed by atoms with Crippen LogP contribution in [0.4, 0.5) is 0 Å². The topological polar surface area (TPSA) is 88.7 Å². The van der Waals surface area contributed by atoms with Crippen LogP contribution in [0.2, 0.25) is 0 Å². The van der Waals surface area contributed by atoms with E-state index in [4.69, 9.17) is 4.42 Å². The van der Waals surface area contributed by atoms with Gasteiger partial charge in [-0.3, -0.25) is 10.00 Å². The van der Waals surface area contributed by atoms with Gasteiger partial charge in [-0.15, -0.1) is 10.2 Å². The summed E-state index contributed by atoms with van der Waals surface area (Å²) in [6.07, 6.45) is 3.91. The maximum Gasteiger partial charge on any atom is 0.198 e. The highest BCUT2D eigenvalue weighted by Crippen LogP contribution is 2.33. The number of aromatic amines is 1. The van der Waals surface area contributed by atoms with Crippen molar-refractivity contribution in [3.05, 3.63) is 35.9 Å². The first-order valence-electron chi connectivity index (χ1n) is 7.92. The van der Waals surface area contributed by atoms with Crippen molar-refractivity contribution in [3.8, 4) is 0 Å². The van der Waals surface area contributed by atoms with Crippen LogP contribution in [0.25, 0.3) is 0 Å². The summed E-state index contributed by atoms with van der Waals surface area (Å²) in [6.45, 7) is 3.72. The third kappa shape index (κ3) is 3.09. The van der Waals surface area contributed by atoms with Crippen molar-refractivity contribution >= 4 is 11.8 Å². The van der Waals surface area contributed by atoms with E-state index in [0.29, 0.717) is 0 Å². The van der Waals surface area contributed by atoms with Gasteiger partial charge in [0, 0.05) is 7.05 Å². The van der Waals surface area contributed by atoms with Crippen molar-refractivity contribution in [2.75, 3.05) is 6.54 Å². The molecule has 1 N–H and O–H groups in total. The first-order valence-corrected chi connectivity index (χ1v) is 8.74. The summed E-state index contributed by atoms with van der Waals surface area (Å²) in [5.41, 5.74) is 0. The average molecular weight is 345 g/mol. The Labute approximate surface area is 143 Å². The number of nitrogens with zero attached hydrogens (tertiary/aromatic N) is 6. The van der Waals surface area contributed by atoms with Gasteiger partial charge in [-0.2, -0.15) is 5.10 Å². The molecule has 0 saturated carbocycles. The number of hydrogen-bond donors (Lipinski definition) is 1. The van der Waals surface area contributed by atoms with Gasteiger partial charge in [0.1, 0.15) is 17.9 Å². The Kier molecular flexibility index (Phi) is 4.11. The summed E-state index contributed by atoms with van der Waals surface area (Å²) in [6, 6.07) is 4.27. The lowest BCUT2D eigenvalue weighted by Crippen LogP contribution is -2.23. The molecule has 3 aromatic heterocycles. The first-order chi connectivity index (χ1) is 11.7. The number of furan rings is 1. The van der Waals surface area contributed by atoms with Gasteiger partial charge in [0.2, 0.25) is 0 Å². The molecule has 0 spiro atoms. The molecule has 0 aliphatic carbocycles. The molecule has 1 aliphatic rings. The van der Waals surface area contributed by atoms with Gasteiger partial charge in [0.05, 0.1) is 12.6 Å². The molecule has 1 saturated heterocycles. The van der Waals surface area contributed by atoms with Crippen molar-refractivity contribution in [2.24, 2.45) is 7.05 Å². The molecule has 0 aromatic carbocycles. The van der Waals surface area contributed by atoms with Crippen molar-refractivity contribution in [3.63, 3.8) is 0 Å². The van der Waals surface area contributed by atoms with E-state index in [-0.39, 0.29) is 6.04 Å². The number of nitrogens with one attached hydrogen (secondary N) is 1. The van der Waals surface area contributed by atoms with E-state index in [1.54, 1.807) is 6.33 Å². The lowest BCUT2D eigenvalue weighted by Gasteiger charge is -2.20. The SMILES string of the molecule is Cc1nc([C@H]2CCCN2Cc2ccc(Sc3nncn3C)o2)n[nH]1. The number of rotatable bonds is 5. The Bertz CT molecular complexity index is 823. The monoisotopic (exact) mass is 345 g/mol. The van der Waals surface area contributed by atoms with E-state index < -0.39 is 0 Å². The summed E-state index contributed by atoms with van der Waals surface area (Å²) >= 11 is 1.47. The second-order valence-corrected chi connectivity index (χ2v) is 6.93. The number of H-pyrrole nitrogens is 1. The normalized spacial score (nSPS) is 18.5. The largest absolute Gasteiger partial charge is 0.453 e. The fourth-order valence-electron chi connectivity index (χ4n) is 2.97. The highest BCUT2D eigenvalue weighted by molar-refractivity contribution is 7.99. The summed E-state index contributed by atoms with van der Waals surface area (Å²) < 4.78 is 7.82. The molecule has 0 radical (unpaired) electrons. The number of hydrogen-bond acceptors (Lipinski definition) is 7. The highest BCUT2D eigenvalue weighted by Gasteiger charge is 2.29. The molecule has 24 heavy (non-hydrogen) atoms. The lowest BCUT2D eigenvalue weighted by atomic mass is 10.2. The summed E-state index contributed by atoms with van der Waals surface area (Å²) in [4.78, 5) is 6.86. The van der Waals surface area contributed by atoms with Crippen molar-refractivity contribution in [1.29, 1.82) is 0 Å². The van der Waals surface area contributed by atoms with E-state index in [1.807, 2.05) is 30.7 Å². The van der Waals surface area contributed by atoms with Gasteiger partial charge >= 0.3 is 0 Å². The second-order valence-electron chi connectivity index (χ2n) is 5.95. The molecule has 8 nitrogen and oxygen atoms in total. The molecule has 126 valence electrons. The number of likely N-dealkylation sites (tertiary alicyclic amines) is 1. The standard InChI is InChI=1S/C15H19N7OS/c1-10-17-14(19-18-10)12-4-3-7-22(12)8-11-5-6-13(23-11)24-15-20-16-9-21(15)2/h5-6,9,12H,3-4,7-8H2,1-2H3,(H,17,18,19)/t12-/m1/s1. The minimum Gasteiger partial charge on any atom is -0.453 e. The summed E-state index contributed by atoms with van der Waals surface area (Å²) in [5.74, 6) is 2.68. The zero-order valence-electron chi connectivity index (χ0n) is 13.6. The fourth-order valence-corrected chi connectivity index (χ4v) is 3.71. The predicted molar refractivity (Wildman–Crippen MR) is 87.3 cm³/mol. The number of aryl methyl sites for hydroxylation is 2. The lowest BCUT2D eigenvalue weighted by molar-refractivity contribution is 0.215. The van der Waals surface area contributed by atoms with Crippen molar-refractivity contribution in [1.82, 2.24) is 34.8 Å². The zero-order valence-corrected chi connectivity index (χ0v) is 14.5. The maximum atomic E-state index is 5.95. The molecule has 9 heteroatoms. The average Bonchev–Trinajstić information content (AvgIpc) is 3.31. The van der Waals surface area contributed by atoms with Gasteiger partial charge in [-0.1, -0.05) is 0 Å². The minimum absolute atomic E-state index is 0.259. The Balaban J connectivity index is 1.44. The van der Waals surface area contributed by atoms with Gasteiger partial charge in [0.25, 0.3) is 0 Å². The summed E-state index contributed by atoms with van der Waals surface area (Å²) in [5, 5.41) is 16.8. The van der Waals surface area contributed by atoms with E-state index in [1.165, 1.54) is 11.8 Å². The molecular weight excluding hydrogens is 326 g/mol. The van der Waals surface area contributed by atoms with Crippen LogP contribution in [-0.4, -0.2) is 41.4 Å². The zero-order chi connectivity index (χ0) is 16.5. The highest BCUT2D eigenvalue weighted by atomic mass is 32.2. The second kappa shape index (κ2) is 6.40. The molecule has 0 amide bonds. The Hall–Kier alpha value is -2.13. The smallest absolute Gasteiger partial charge is 0.198 e. The van der Waals surface area contributed by atoms with Crippen LogP contribution in [-0.2, 0) is 13.6 Å². The van der Waals surface area contributed by atoms with Gasteiger partial charge in [-0.05, 0) is 50.2 Å². The molecule has 4 heterocycles. The van der Waals surface area contributed by atoms with Crippen LogP contribution in [0.3, 0.4) is 0 Å². The molecule has 0 bridgehead atoms. The van der Waals surface area contributed by atoms with Crippen LogP contribution in [0, 0.1) is 6.92 Å². The third-order valence-corrected chi connectivity index (χ3v) is 5.11. The molecule has 1 fully saturated rings. The first kappa shape index (κ1) is 15.4. The van der Waals surface area contributed by atoms with Gasteiger partial charge in [-0.25, -0.2) is 4.98 Å². The molecule has 0 unspecified atom stereocenters. The Morgan fingerprint density at radius 3 is 3.08 bits per heavy atom. The van der Waals surface area contributed by atoms with Crippen LogP contribution in [0.15, 0.2) is 33.1 Å². The molecule has 1 atom stereocenters. The summed E-state index contributed by atoms with van der Waals surface area (Å²) in [7, 11) is 1.92. The van der Waals surface area contributed by atoms with Gasteiger partial charge in [0.15, 0.2) is 16.1 Å². The number of aromatic nitrogens is 6. The predicted octanol–water partition coefficient (Wildman–Crippen LogP) is 2.32. The van der Waals surface area contributed by atoms with Gasteiger partial charge < -0.3 is 8.98 Å². The minimum atomic E-state index is 0.259. The van der Waals surface area contributed by atoms with Crippen molar-refractivity contribution in [2.45, 2.75) is 42.6 Å². The van der Waals surface area contributed by atoms with E-state index in [2.05, 4.69) is 30.3 Å². The molecule has 1 aliphatic heterocycles. The Morgan fingerprint density at radius 2 is 2.33 bits per heavy atom. The molecular formula is C15H19N7OS. The Morgan fingerprint density at radius 1 is 1.42 bits per heavy atom. The third-order valence-electron chi connectivity index (χ3n) is 4.13.